The number of guanidine groups is 1. The Morgan fingerprint density at radius 1 is 1.17 bits per heavy atom. The van der Waals surface area contributed by atoms with E-state index in [2.05, 4.69) is 32.6 Å². The van der Waals surface area contributed by atoms with Crippen LogP contribution in [0.25, 0.3) is 0 Å². The van der Waals surface area contributed by atoms with Gasteiger partial charge in [0, 0.05) is 26.7 Å². The van der Waals surface area contributed by atoms with Crippen LogP contribution in [0.2, 0.25) is 0 Å². The molecule has 0 amide bonds. The average Bonchev–Trinajstić information content (AvgIpc) is 2.96. The van der Waals surface area contributed by atoms with Crippen LogP contribution in [-0.2, 0) is 23.1 Å². The summed E-state index contributed by atoms with van der Waals surface area (Å²) >= 11 is 0. The number of rotatable bonds is 12. The zero-order valence-electron chi connectivity index (χ0n) is 14.5. The highest BCUT2D eigenvalue weighted by molar-refractivity contribution is 5.79. The van der Waals surface area contributed by atoms with Gasteiger partial charge in [0.25, 0.3) is 0 Å². The molecule has 0 fully saturated rings. The number of hydrogen-bond acceptors (Lipinski definition) is 5. The third-order valence-corrected chi connectivity index (χ3v) is 3.08. The van der Waals surface area contributed by atoms with Crippen LogP contribution in [0, 0.1) is 0 Å². The first-order valence-corrected chi connectivity index (χ1v) is 8.28. The Labute approximate surface area is 138 Å². The SMILES string of the molecule is CCCCOCCOCCNC(=NCc1ncnn1C)NCC. The third-order valence-electron chi connectivity index (χ3n) is 3.08. The molecular formula is C15H30N6O2. The Morgan fingerprint density at radius 2 is 1.96 bits per heavy atom. The molecule has 1 aromatic heterocycles. The van der Waals surface area contributed by atoms with E-state index in [1.54, 1.807) is 4.68 Å². The highest BCUT2D eigenvalue weighted by atomic mass is 16.5. The summed E-state index contributed by atoms with van der Waals surface area (Å²) in [6.07, 6.45) is 3.79. The van der Waals surface area contributed by atoms with Gasteiger partial charge in [-0.2, -0.15) is 5.10 Å². The number of aryl methyl sites for hydroxylation is 1. The molecule has 132 valence electrons. The van der Waals surface area contributed by atoms with E-state index in [1.165, 1.54) is 6.33 Å². The van der Waals surface area contributed by atoms with Gasteiger partial charge >= 0.3 is 0 Å². The molecule has 0 spiro atoms. The minimum absolute atomic E-state index is 0.484. The van der Waals surface area contributed by atoms with E-state index in [4.69, 9.17) is 9.47 Å². The van der Waals surface area contributed by atoms with Crippen LogP contribution in [0.4, 0.5) is 0 Å². The van der Waals surface area contributed by atoms with E-state index in [1.807, 2.05) is 14.0 Å². The lowest BCUT2D eigenvalue weighted by molar-refractivity contribution is 0.0487. The molecule has 8 nitrogen and oxygen atoms in total. The highest BCUT2D eigenvalue weighted by Gasteiger charge is 2.01. The zero-order valence-corrected chi connectivity index (χ0v) is 14.5. The van der Waals surface area contributed by atoms with E-state index in [0.717, 1.165) is 37.8 Å². The van der Waals surface area contributed by atoms with E-state index >= 15 is 0 Å². The molecule has 0 atom stereocenters. The largest absolute Gasteiger partial charge is 0.379 e. The summed E-state index contributed by atoms with van der Waals surface area (Å²) in [5.41, 5.74) is 0. The number of aliphatic imine (C=N–C) groups is 1. The van der Waals surface area contributed by atoms with Crippen molar-refractivity contribution in [2.75, 3.05) is 39.5 Å². The molecule has 0 saturated heterocycles. The van der Waals surface area contributed by atoms with Crippen LogP contribution in [0.3, 0.4) is 0 Å². The molecule has 23 heavy (non-hydrogen) atoms. The Balaban J connectivity index is 2.14. The topological polar surface area (TPSA) is 85.6 Å². The standard InChI is InChI=1S/C15H30N6O2/c1-4-6-8-22-10-11-23-9-7-17-15(16-5-2)18-12-14-19-13-20-21(14)3/h13H,4-12H2,1-3H3,(H2,16,17,18). The number of nitrogens with one attached hydrogen (secondary N) is 2. The molecule has 0 saturated carbocycles. The zero-order chi connectivity index (χ0) is 16.8. The predicted molar refractivity (Wildman–Crippen MR) is 90.4 cm³/mol. The quantitative estimate of drug-likeness (QED) is 0.334. The predicted octanol–water partition coefficient (Wildman–Crippen LogP) is 0.704. The molecule has 1 heterocycles. The number of hydrogen-bond donors (Lipinski definition) is 2. The van der Waals surface area contributed by atoms with Crippen molar-refractivity contribution >= 4 is 5.96 Å². The number of aromatic nitrogens is 3. The van der Waals surface area contributed by atoms with Crippen molar-refractivity contribution in [1.82, 2.24) is 25.4 Å². The van der Waals surface area contributed by atoms with Crippen LogP contribution in [0.1, 0.15) is 32.5 Å². The minimum atomic E-state index is 0.484. The molecule has 0 aliphatic carbocycles. The lowest BCUT2D eigenvalue weighted by Gasteiger charge is -2.11. The van der Waals surface area contributed by atoms with Crippen LogP contribution in [-0.4, -0.2) is 60.2 Å². The summed E-state index contributed by atoms with van der Waals surface area (Å²) in [7, 11) is 1.86. The van der Waals surface area contributed by atoms with Crippen LogP contribution < -0.4 is 10.6 Å². The normalized spacial score (nSPS) is 11.7. The van der Waals surface area contributed by atoms with Gasteiger partial charge in [-0.3, -0.25) is 4.68 Å². The first kappa shape index (κ1) is 19.4. The Bertz CT molecular complexity index is 435. The molecule has 2 N–H and O–H groups in total. The summed E-state index contributed by atoms with van der Waals surface area (Å²) in [4.78, 5) is 8.63. The Morgan fingerprint density at radius 3 is 2.61 bits per heavy atom. The summed E-state index contributed by atoms with van der Waals surface area (Å²) in [5.74, 6) is 1.57. The molecular weight excluding hydrogens is 296 g/mol. The molecule has 1 aromatic rings. The van der Waals surface area contributed by atoms with Gasteiger partial charge in [-0.25, -0.2) is 9.98 Å². The van der Waals surface area contributed by atoms with Gasteiger partial charge in [0.15, 0.2) is 5.96 Å². The monoisotopic (exact) mass is 326 g/mol. The van der Waals surface area contributed by atoms with Crippen molar-refractivity contribution in [3.63, 3.8) is 0 Å². The minimum Gasteiger partial charge on any atom is -0.379 e. The van der Waals surface area contributed by atoms with Gasteiger partial charge in [0.1, 0.15) is 18.7 Å². The lowest BCUT2D eigenvalue weighted by Crippen LogP contribution is -2.39. The van der Waals surface area contributed by atoms with Crippen molar-refractivity contribution in [2.24, 2.45) is 12.0 Å². The molecule has 0 unspecified atom stereocenters. The fourth-order valence-electron chi connectivity index (χ4n) is 1.76. The maximum absolute atomic E-state index is 5.52. The van der Waals surface area contributed by atoms with Crippen molar-refractivity contribution in [2.45, 2.75) is 33.2 Å². The number of nitrogens with zero attached hydrogens (tertiary/aromatic N) is 4. The second kappa shape index (κ2) is 12.8. The van der Waals surface area contributed by atoms with Crippen LogP contribution in [0.5, 0.6) is 0 Å². The fraction of sp³-hybridized carbons (Fsp3) is 0.800. The maximum Gasteiger partial charge on any atom is 0.191 e. The van der Waals surface area contributed by atoms with Crippen LogP contribution >= 0.6 is 0 Å². The number of unbranched alkanes of at least 4 members (excludes halogenated alkanes) is 1. The van der Waals surface area contributed by atoms with Crippen LogP contribution in [0.15, 0.2) is 11.3 Å². The van der Waals surface area contributed by atoms with E-state index in [9.17, 15) is 0 Å². The van der Waals surface area contributed by atoms with Gasteiger partial charge in [0.05, 0.1) is 19.8 Å². The Kier molecular flexibility index (Phi) is 10.8. The first-order chi connectivity index (χ1) is 11.3. The fourth-order valence-corrected chi connectivity index (χ4v) is 1.76. The summed E-state index contributed by atoms with van der Waals surface area (Å²) in [5, 5.41) is 10.4. The average molecular weight is 326 g/mol. The van der Waals surface area contributed by atoms with E-state index in [0.29, 0.717) is 32.9 Å². The smallest absolute Gasteiger partial charge is 0.191 e. The van der Waals surface area contributed by atoms with Crippen molar-refractivity contribution in [3.05, 3.63) is 12.2 Å². The van der Waals surface area contributed by atoms with Crippen molar-refractivity contribution < 1.29 is 9.47 Å². The molecule has 8 heteroatoms. The van der Waals surface area contributed by atoms with Gasteiger partial charge < -0.3 is 20.1 Å². The summed E-state index contributed by atoms with van der Waals surface area (Å²) < 4.78 is 12.7. The molecule has 0 aliphatic heterocycles. The van der Waals surface area contributed by atoms with Crippen molar-refractivity contribution in [3.8, 4) is 0 Å². The van der Waals surface area contributed by atoms with Gasteiger partial charge in [-0.15, -0.1) is 0 Å². The molecule has 0 radical (unpaired) electrons. The second-order valence-electron chi connectivity index (χ2n) is 5.00. The van der Waals surface area contributed by atoms with E-state index < -0.39 is 0 Å². The molecule has 0 bridgehead atoms. The van der Waals surface area contributed by atoms with Gasteiger partial charge in [0.2, 0.25) is 0 Å². The van der Waals surface area contributed by atoms with Crippen molar-refractivity contribution in [1.29, 1.82) is 0 Å². The lowest BCUT2D eigenvalue weighted by atomic mass is 10.4. The Hall–Kier alpha value is -1.67. The summed E-state index contributed by atoms with van der Waals surface area (Å²) in [6, 6.07) is 0. The highest BCUT2D eigenvalue weighted by Crippen LogP contribution is 1.93. The second-order valence-corrected chi connectivity index (χ2v) is 5.00. The number of ether oxygens (including phenoxy) is 2. The molecule has 1 rings (SSSR count). The molecule has 0 aromatic carbocycles. The van der Waals surface area contributed by atoms with Gasteiger partial charge in [-0.1, -0.05) is 13.3 Å². The third kappa shape index (κ3) is 9.14. The van der Waals surface area contributed by atoms with E-state index in [-0.39, 0.29) is 0 Å². The first-order valence-electron chi connectivity index (χ1n) is 8.28. The maximum atomic E-state index is 5.52. The van der Waals surface area contributed by atoms with Gasteiger partial charge in [-0.05, 0) is 13.3 Å². The molecule has 0 aliphatic rings. The summed E-state index contributed by atoms with van der Waals surface area (Å²) in [6.45, 7) is 8.87.